The van der Waals surface area contributed by atoms with Crippen LogP contribution in [0.25, 0.3) is 5.69 Å². The van der Waals surface area contributed by atoms with Crippen LogP contribution in [0.3, 0.4) is 0 Å². The molecule has 1 atom stereocenters. The standard InChI is InChI=1S/C28H28N4O3/c1-2-12-28(13-6-8-23-24(28)9-5-11-26(23)35-19-27(33)34)32-18-21(17-30-32)16-22-7-3-4-10-25(22)31-15-14-29-20-31/h2-5,7,9-12,14-15,17-18,20H,6,8,13,16,19H2,1H3,(H,33,34). The molecule has 1 unspecified atom stereocenters. The number of hydrogen-bond acceptors (Lipinski definition) is 4. The van der Waals surface area contributed by atoms with Crippen LogP contribution in [0.4, 0.5) is 0 Å². The van der Waals surface area contributed by atoms with Crippen LogP contribution in [0.2, 0.25) is 0 Å². The van der Waals surface area contributed by atoms with Crippen molar-refractivity contribution in [2.45, 2.75) is 38.1 Å². The van der Waals surface area contributed by atoms with Crippen molar-refractivity contribution in [3.05, 3.63) is 108 Å². The number of aliphatic carboxylic acids is 1. The fraction of sp³-hybridized carbons (Fsp3) is 0.250. The maximum absolute atomic E-state index is 11.1. The van der Waals surface area contributed by atoms with E-state index < -0.39 is 11.5 Å². The minimum Gasteiger partial charge on any atom is -0.482 e. The van der Waals surface area contributed by atoms with Gasteiger partial charge in [-0.2, -0.15) is 5.10 Å². The number of nitrogens with zero attached hydrogens (tertiary/aromatic N) is 4. The molecule has 0 spiro atoms. The third-order valence-corrected chi connectivity index (χ3v) is 6.59. The molecule has 1 aliphatic carbocycles. The molecule has 0 radical (unpaired) electrons. The van der Waals surface area contributed by atoms with Crippen molar-refractivity contribution >= 4 is 5.97 Å². The zero-order valence-electron chi connectivity index (χ0n) is 19.7. The van der Waals surface area contributed by atoms with E-state index >= 15 is 0 Å². The van der Waals surface area contributed by atoms with Gasteiger partial charge in [0, 0.05) is 36.3 Å². The third kappa shape index (κ3) is 4.37. The Kier molecular flexibility index (Phi) is 6.23. The summed E-state index contributed by atoms with van der Waals surface area (Å²) in [5.74, 6) is -0.342. The van der Waals surface area contributed by atoms with Crippen LogP contribution in [-0.4, -0.2) is 37.0 Å². The number of para-hydroxylation sites is 1. The summed E-state index contributed by atoms with van der Waals surface area (Å²) in [6.45, 7) is 1.67. The monoisotopic (exact) mass is 468 g/mol. The predicted molar refractivity (Wildman–Crippen MR) is 133 cm³/mol. The van der Waals surface area contributed by atoms with E-state index in [-0.39, 0.29) is 6.61 Å². The van der Waals surface area contributed by atoms with Crippen molar-refractivity contribution in [3.63, 3.8) is 0 Å². The van der Waals surface area contributed by atoms with Crippen molar-refractivity contribution < 1.29 is 14.6 Å². The molecule has 2 aromatic carbocycles. The SMILES string of the molecule is CC=CC1(n2cc(Cc3ccccc3-n3ccnc3)cn2)CCCc2c(OCC(=O)O)cccc21. The van der Waals surface area contributed by atoms with Crippen LogP contribution >= 0.6 is 0 Å². The van der Waals surface area contributed by atoms with E-state index in [1.807, 2.05) is 48.4 Å². The number of carboxylic acid groups (broad SMARTS) is 1. The number of rotatable bonds is 8. The molecule has 7 heteroatoms. The van der Waals surface area contributed by atoms with Gasteiger partial charge in [0.2, 0.25) is 0 Å². The fourth-order valence-electron chi connectivity index (χ4n) is 5.14. The Bertz CT molecular complexity index is 1360. The molecule has 35 heavy (non-hydrogen) atoms. The van der Waals surface area contributed by atoms with Gasteiger partial charge in [0.05, 0.1) is 12.5 Å². The average molecular weight is 469 g/mol. The lowest BCUT2D eigenvalue weighted by molar-refractivity contribution is -0.139. The van der Waals surface area contributed by atoms with Crippen molar-refractivity contribution in [2.75, 3.05) is 6.61 Å². The number of allylic oxidation sites excluding steroid dienone is 2. The average Bonchev–Trinajstić information content (AvgIpc) is 3.56. The second-order valence-electron chi connectivity index (χ2n) is 8.81. The molecule has 0 bridgehead atoms. The van der Waals surface area contributed by atoms with E-state index in [2.05, 4.69) is 52.3 Å². The lowest BCUT2D eigenvalue weighted by atomic mass is 9.76. The Balaban J connectivity index is 1.51. The second-order valence-corrected chi connectivity index (χ2v) is 8.81. The number of ether oxygens (including phenoxy) is 1. The van der Waals surface area contributed by atoms with Crippen molar-refractivity contribution in [1.29, 1.82) is 0 Å². The second kappa shape index (κ2) is 9.62. The fourth-order valence-corrected chi connectivity index (χ4v) is 5.14. The van der Waals surface area contributed by atoms with Gasteiger partial charge in [-0.25, -0.2) is 9.78 Å². The maximum Gasteiger partial charge on any atom is 0.341 e. The van der Waals surface area contributed by atoms with Gasteiger partial charge in [0.25, 0.3) is 0 Å². The molecule has 7 nitrogen and oxygen atoms in total. The smallest absolute Gasteiger partial charge is 0.341 e. The molecule has 178 valence electrons. The van der Waals surface area contributed by atoms with E-state index in [9.17, 15) is 4.79 Å². The maximum atomic E-state index is 11.1. The highest BCUT2D eigenvalue weighted by atomic mass is 16.5. The zero-order valence-corrected chi connectivity index (χ0v) is 19.7. The first kappa shape index (κ1) is 22.7. The van der Waals surface area contributed by atoms with E-state index in [1.165, 1.54) is 5.56 Å². The zero-order chi connectivity index (χ0) is 24.3. The van der Waals surface area contributed by atoms with E-state index in [0.29, 0.717) is 5.75 Å². The lowest BCUT2D eigenvalue weighted by Gasteiger charge is -2.38. The summed E-state index contributed by atoms with van der Waals surface area (Å²) in [6.07, 6.45) is 17.3. The highest BCUT2D eigenvalue weighted by molar-refractivity contribution is 5.68. The van der Waals surface area contributed by atoms with Gasteiger partial charge < -0.3 is 14.4 Å². The van der Waals surface area contributed by atoms with Gasteiger partial charge >= 0.3 is 5.97 Å². The summed E-state index contributed by atoms with van der Waals surface area (Å²) in [7, 11) is 0. The molecule has 2 aromatic heterocycles. The third-order valence-electron chi connectivity index (χ3n) is 6.59. The van der Waals surface area contributed by atoms with Crippen LogP contribution in [0.15, 0.2) is 85.7 Å². The number of aromatic nitrogens is 4. The van der Waals surface area contributed by atoms with E-state index in [4.69, 9.17) is 14.9 Å². The first-order valence-electron chi connectivity index (χ1n) is 11.8. The Labute approximate surface area is 204 Å². The molecule has 0 saturated heterocycles. The molecular weight excluding hydrogens is 440 g/mol. The molecular formula is C28H28N4O3. The van der Waals surface area contributed by atoms with Crippen LogP contribution < -0.4 is 4.74 Å². The Morgan fingerprint density at radius 1 is 1.23 bits per heavy atom. The lowest BCUT2D eigenvalue weighted by Crippen LogP contribution is -2.37. The highest BCUT2D eigenvalue weighted by Crippen LogP contribution is 2.43. The first-order valence-corrected chi connectivity index (χ1v) is 11.8. The molecule has 5 rings (SSSR count). The number of carbonyl (C=O) groups is 1. The molecule has 0 aliphatic heterocycles. The van der Waals surface area contributed by atoms with Crippen LogP contribution in [0.5, 0.6) is 5.75 Å². The molecule has 0 saturated carbocycles. The minimum absolute atomic E-state index is 0.352. The molecule has 4 aromatic rings. The van der Waals surface area contributed by atoms with E-state index in [1.54, 1.807) is 6.20 Å². The predicted octanol–water partition coefficient (Wildman–Crippen LogP) is 4.78. The van der Waals surface area contributed by atoms with Gasteiger partial charge in [0.1, 0.15) is 11.3 Å². The van der Waals surface area contributed by atoms with Gasteiger partial charge in [-0.1, -0.05) is 42.5 Å². The van der Waals surface area contributed by atoms with Crippen molar-refractivity contribution in [3.8, 4) is 11.4 Å². The number of hydrogen-bond donors (Lipinski definition) is 1. The van der Waals surface area contributed by atoms with E-state index in [0.717, 1.165) is 48.1 Å². The summed E-state index contributed by atoms with van der Waals surface area (Å²) < 4.78 is 9.73. The Hall–Kier alpha value is -4.13. The summed E-state index contributed by atoms with van der Waals surface area (Å²) in [4.78, 5) is 15.3. The summed E-state index contributed by atoms with van der Waals surface area (Å²) in [5, 5.41) is 13.9. The minimum atomic E-state index is -0.981. The Morgan fingerprint density at radius 3 is 2.91 bits per heavy atom. The van der Waals surface area contributed by atoms with Crippen molar-refractivity contribution in [1.82, 2.24) is 19.3 Å². The molecule has 0 fully saturated rings. The largest absolute Gasteiger partial charge is 0.482 e. The summed E-state index contributed by atoms with van der Waals surface area (Å²) in [6, 6.07) is 14.2. The summed E-state index contributed by atoms with van der Waals surface area (Å²) >= 11 is 0. The van der Waals surface area contributed by atoms with Crippen LogP contribution in [0, 0.1) is 0 Å². The topological polar surface area (TPSA) is 82.2 Å². The normalized spacial score (nSPS) is 17.4. The number of benzene rings is 2. The van der Waals surface area contributed by atoms with Crippen LogP contribution in [0.1, 0.15) is 42.0 Å². The Morgan fingerprint density at radius 2 is 2.11 bits per heavy atom. The number of fused-ring (bicyclic) bond motifs is 1. The van der Waals surface area contributed by atoms with Gasteiger partial charge in [0.15, 0.2) is 6.61 Å². The number of carboxylic acids is 1. The molecule has 1 aliphatic rings. The van der Waals surface area contributed by atoms with Crippen LogP contribution in [-0.2, 0) is 23.2 Å². The van der Waals surface area contributed by atoms with Gasteiger partial charge in [-0.05, 0) is 55.0 Å². The molecule has 2 heterocycles. The highest BCUT2D eigenvalue weighted by Gasteiger charge is 2.38. The van der Waals surface area contributed by atoms with Crippen molar-refractivity contribution in [2.24, 2.45) is 0 Å². The first-order chi connectivity index (χ1) is 17.1. The number of imidazole rings is 1. The quantitative estimate of drug-likeness (QED) is 0.377. The molecule has 0 amide bonds. The van der Waals surface area contributed by atoms with Gasteiger partial charge in [-0.15, -0.1) is 0 Å². The molecule has 1 N–H and O–H groups in total. The summed E-state index contributed by atoms with van der Waals surface area (Å²) in [5.41, 5.74) is 5.13. The van der Waals surface area contributed by atoms with Gasteiger partial charge in [-0.3, -0.25) is 4.68 Å².